The third-order valence-corrected chi connectivity index (χ3v) is 10.2. The molecule has 6 nitrogen and oxygen atoms in total. The van der Waals surface area contributed by atoms with E-state index in [2.05, 4.69) is 99.3 Å². The standard InChI is InChI=1S/C38H28N2O4/c1-19-12-24-25(13-20(19)2)38(4)27-15-22-11-9-8-10-21(22)14-26(27)37(24,3)28-16-30-31(17-29(28)38)44-36-32(40-5)35(42-7)33(41-6)23(18-39)34(36)43-30/h8-17H,1-4,6-7H3. The highest BCUT2D eigenvalue weighted by molar-refractivity contribution is 5.89. The van der Waals surface area contributed by atoms with Gasteiger partial charge in [-0.1, -0.05) is 36.4 Å². The fourth-order valence-electron chi connectivity index (χ4n) is 7.78. The van der Waals surface area contributed by atoms with Gasteiger partial charge in [0.15, 0.2) is 34.5 Å². The minimum atomic E-state index is -0.476. The van der Waals surface area contributed by atoms with Crippen molar-refractivity contribution >= 4 is 16.5 Å². The third kappa shape index (κ3) is 2.93. The van der Waals surface area contributed by atoms with Crippen LogP contribution < -0.4 is 18.9 Å². The predicted octanol–water partition coefficient (Wildman–Crippen LogP) is 9.13. The molecular formula is C38H28N2O4. The number of ether oxygens (including phenoxy) is 4. The average molecular weight is 577 g/mol. The van der Waals surface area contributed by atoms with Crippen molar-refractivity contribution in [3.8, 4) is 40.6 Å². The summed E-state index contributed by atoms with van der Waals surface area (Å²) in [6.07, 6.45) is 0. The van der Waals surface area contributed by atoms with Gasteiger partial charge in [-0.15, -0.1) is 0 Å². The van der Waals surface area contributed by atoms with Gasteiger partial charge in [0.05, 0.1) is 20.8 Å². The van der Waals surface area contributed by atoms with Gasteiger partial charge in [-0.3, -0.25) is 0 Å². The summed E-state index contributed by atoms with van der Waals surface area (Å²) in [5.74, 6) is 1.56. The Hall–Kier alpha value is -5.46. The van der Waals surface area contributed by atoms with Crippen molar-refractivity contribution < 1.29 is 18.9 Å². The largest absolute Gasteiger partial charge is 0.504 e. The van der Waals surface area contributed by atoms with Crippen molar-refractivity contribution in [2.24, 2.45) is 0 Å². The molecule has 44 heavy (non-hydrogen) atoms. The van der Waals surface area contributed by atoms with Crippen LogP contribution >= 0.6 is 0 Å². The maximum absolute atomic E-state index is 10.1. The Morgan fingerprint density at radius 2 is 1.16 bits per heavy atom. The van der Waals surface area contributed by atoms with E-state index in [1.54, 1.807) is 0 Å². The summed E-state index contributed by atoms with van der Waals surface area (Å²) in [5.41, 5.74) is 9.16. The molecule has 0 saturated carbocycles. The van der Waals surface area contributed by atoms with E-state index in [1.807, 2.05) is 0 Å². The normalized spacial score (nSPS) is 19.6. The SMILES string of the molecule is [C-]#[N+]c1c(OC)c(OC)c(C#N)c2c1Oc1cc3c(cc1O2)C1(C)c2cc(C)c(C)cc2C3(C)c2cc3ccccc3cc21. The number of nitrogens with zero attached hydrogens (tertiary/aromatic N) is 2. The van der Waals surface area contributed by atoms with Crippen LogP contribution in [0.4, 0.5) is 5.69 Å². The summed E-state index contributed by atoms with van der Waals surface area (Å²) in [7, 11) is 2.88. The van der Waals surface area contributed by atoms with E-state index < -0.39 is 10.8 Å². The zero-order chi connectivity index (χ0) is 30.7. The van der Waals surface area contributed by atoms with Crippen LogP contribution in [0.25, 0.3) is 15.6 Å². The molecule has 0 N–H and O–H groups in total. The second-order valence-corrected chi connectivity index (χ2v) is 12.2. The summed E-state index contributed by atoms with van der Waals surface area (Å²) in [6, 6.07) is 24.2. The molecule has 214 valence electrons. The van der Waals surface area contributed by atoms with E-state index in [-0.39, 0.29) is 34.2 Å². The van der Waals surface area contributed by atoms with E-state index >= 15 is 0 Å². The van der Waals surface area contributed by atoms with Crippen LogP contribution in [0.2, 0.25) is 0 Å². The van der Waals surface area contributed by atoms with Gasteiger partial charge in [0.2, 0.25) is 0 Å². The monoisotopic (exact) mass is 576 g/mol. The molecule has 0 saturated heterocycles. The number of hydrogen-bond acceptors (Lipinski definition) is 5. The molecule has 0 spiro atoms. The van der Waals surface area contributed by atoms with E-state index in [0.717, 1.165) is 11.1 Å². The van der Waals surface area contributed by atoms with Crippen molar-refractivity contribution in [2.75, 3.05) is 14.2 Å². The van der Waals surface area contributed by atoms with Gasteiger partial charge in [-0.2, -0.15) is 5.26 Å². The Kier molecular flexibility index (Phi) is 5.09. The summed E-state index contributed by atoms with van der Waals surface area (Å²) in [6.45, 7) is 16.9. The Labute approximate surface area is 255 Å². The highest BCUT2D eigenvalue weighted by atomic mass is 16.6. The zero-order valence-corrected chi connectivity index (χ0v) is 25.3. The molecule has 9 rings (SSSR count). The molecule has 0 aromatic heterocycles. The smallest absolute Gasteiger partial charge is 0.277 e. The molecule has 2 bridgehead atoms. The van der Waals surface area contributed by atoms with E-state index in [9.17, 15) is 5.26 Å². The van der Waals surface area contributed by atoms with Gasteiger partial charge in [0, 0.05) is 10.8 Å². The Morgan fingerprint density at radius 3 is 1.61 bits per heavy atom. The fraction of sp³-hybridized carbons (Fsp3) is 0.211. The number of fused-ring (bicyclic) bond motifs is 3. The summed E-state index contributed by atoms with van der Waals surface area (Å²) in [4.78, 5) is 3.70. The average Bonchev–Trinajstić information content (AvgIpc) is 3.04. The maximum atomic E-state index is 10.1. The molecule has 0 amide bonds. The lowest BCUT2D eigenvalue weighted by Gasteiger charge is -2.55. The van der Waals surface area contributed by atoms with Crippen LogP contribution in [0.3, 0.4) is 0 Å². The third-order valence-electron chi connectivity index (χ3n) is 10.2. The van der Waals surface area contributed by atoms with Crippen LogP contribution in [0.1, 0.15) is 63.9 Å². The molecular weight excluding hydrogens is 548 g/mol. The lowest BCUT2D eigenvalue weighted by molar-refractivity contribution is 0.331. The lowest BCUT2D eigenvalue weighted by atomic mass is 9.47. The Bertz CT molecular complexity index is 2080. The Balaban J connectivity index is 1.44. The van der Waals surface area contributed by atoms with E-state index in [0.29, 0.717) is 11.5 Å². The molecule has 0 radical (unpaired) electrons. The first kappa shape index (κ1) is 26.2. The number of nitriles is 1. The van der Waals surface area contributed by atoms with Crippen molar-refractivity contribution in [3.05, 3.63) is 122 Å². The highest BCUT2D eigenvalue weighted by Crippen LogP contribution is 2.66. The van der Waals surface area contributed by atoms with Gasteiger partial charge in [0.1, 0.15) is 11.6 Å². The van der Waals surface area contributed by atoms with E-state index in [4.69, 9.17) is 25.5 Å². The molecule has 1 aliphatic heterocycles. The molecule has 5 aromatic rings. The summed E-state index contributed by atoms with van der Waals surface area (Å²) < 4.78 is 24.0. The van der Waals surface area contributed by atoms with Gasteiger partial charge in [0.25, 0.3) is 5.69 Å². The first-order valence-corrected chi connectivity index (χ1v) is 14.5. The highest BCUT2D eigenvalue weighted by Gasteiger charge is 2.56. The molecule has 0 fully saturated rings. The maximum Gasteiger partial charge on any atom is 0.277 e. The van der Waals surface area contributed by atoms with Crippen molar-refractivity contribution in [1.82, 2.24) is 0 Å². The molecule has 6 heteroatoms. The first-order valence-electron chi connectivity index (χ1n) is 14.5. The van der Waals surface area contributed by atoms with Crippen molar-refractivity contribution in [2.45, 2.75) is 38.5 Å². The fourth-order valence-corrected chi connectivity index (χ4v) is 7.78. The Morgan fingerprint density at radius 1 is 0.705 bits per heavy atom. The molecule has 5 aromatic carbocycles. The zero-order valence-electron chi connectivity index (χ0n) is 25.3. The van der Waals surface area contributed by atoms with Gasteiger partial charge in [-0.25, -0.2) is 4.85 Å². The second kappa shape index (κ2) is 8.56. The first-order chi connectivity index (χ1) is 21.2. The van der Waals surface area contributed by atoms with Crippen LogP contribution in [0, 0.1) is 31.8 Å². The van der Waals surface area contributed by atoms with Gasteiger partial charge < -0.3 is 18.9 Å². The minimum absolute atomic E-state index is 0.0923. The number of hydrogen-bond donors (Lipinski definition) is 0. The molecule has 3 aliphatic carbocycles. The van der Waals surface area contributed by atoms with Gasteiger partial charge >= 0.3 is 0 Å². The van der Waals surface area contributed by atoms with Crippen LogP contribution in [-0.4, -0.2) is 14.2 Å². The molecule has 4 aliphatic rings. The van der Waals surface area contributed by atoms with Crippen molar-refractivity contribution in [1.29, 1.82) is 5.26 Å². The second-order valence-electron chi connectivity index (χ2n) is 12.2. The molecule has 2 unspecified atom stereocenters. The summed E-state index contributed by atoms with van der Waals surface area (Å²) in [5, 5.41) is 12.5. The predicted molar refractivity (Wildman–Crippen MR) is 168 cm³/mol. The topological polar surface area (TPSA) is 65.1 Å². The van der Waals surface area contributed by atoms with Crippen LogP contribution in [0.5, 0.6) is 34.5 Å². The molecule has 2 atom stereocenters. The lowest BCUT2D eigenvalue weighted by Crippen LogP contribution is -2.48. The van der Waals surface area contributed by atoms with Crippen LogP contribution in [0.15, 0.2) is 60.7 Å². The quantitative estimate of drug-likeness (QED) is 0.192. The van der Waals surface area contributed by atoms with Crippen molar-refractivity contribution in [3.63, 3.8) is 0 Å². The number of aryl methyl sites for hydroxylation is 2. The molecule has 1 heterocycles. The summed E-state index contributed by atoms with van der Waals surface area (Å²) >= 11 is 0. The number of methoxy groups -OCH3 is 2. The minimum Gasteiger partial charge on any atom is -0.504 e. The van der Waals surface area contributed by atoms with Crippen LogP contribution in [-0.2, 0) is 10.8 Å². The van der Waals surface area contributed by atoms with E-state index in [1.165, 1.54) is 58.4 Å². The van der Waals surface area contributed by atoms with Gasteiger partial charge in [-0.05, 0) is 107 Å². The number of benzene rings is 5. The number of rotatable bonds is 2.